The molecule has 2 aliphatic rings. The molecule has 10 aromatic rings. The van der Waals surface area contributed by atoms with Crippen LogP contribution in [0.2, 0.25) is 0 Å². The van der Waals surface area contributed by atoms with E-state index in [9.17, 15) is 0 Å². The molecule has 2 aliphatic carbocycles. The molecule has 2 heteroatoms. The summed E-state index contributed by atoms with van der Waals surface area (Å²) in [6, 6.07) is 85.0. The van der Waals surface area contributed by atoms with Gasteiger partial charge in [-0.2, -0.15) is 0 Å². The van der Waals surface area contributed by atoms with Crippen LogP contribution in [-0.2, 0) is 10.8 Å². The molecule has 0 unspecified atom stereocenters. The van der Waals surface area contributed by atoms with Gasteiger partial charge in [-0.15, -0.1) is 0 Å². The fourth-order valence-electron chi connectivity index (χ4n) is 11.0. The van der Waals surface area contributed by atoms with E-state index in [2.05, 4.69) is 268 Å². The third-order valence-corrected chi connectivity index (χ3v) is 14.5. The van der Waals surface area contributed by atoms with Gasteiger partial charge in [0.2, 0.25) is 0 Å². The van der Waals surface area contributed by atoms with Gasteiger partial charge >= 0.3 is 0 Å². The first-order chi connectivity index (χ1) is 32.2. The molecule has 0 aliphatic heterocycles. The molecule has 316 valence electrons. The Morgan fingerprint density at radius 1 is 0.273 bits per heavy atom. The molecule has 12 rings (SSSR count). The lowest BCUT2D eigenvalue weighted by Gasteiger charge is -2.28. The normalized spacial score (nSPS) is 13.7. The van der Waals surface area contributed by atoms with Crippen molar-refractivity contribution in [1.29, 1.82) is 0 Å². The molecule has 0 amide bonds. The van der Waals surface area contributed by atoms with Gasteiger partial charge in [-0.3, -0.25) is 0 Å². The molecule has 10 aromatic carbocycles. The number of rotatable bonds is 8. The first kappa shape index (κ1) is 39.6. The predicted octanol–water partition coefficient (Wildman–Crippen LogP) is 17.7. The van der Waals surface area contributed by atoms with Gasteiger partial charge in [-0.05, 0) is 139 Å². The number of hydrogen-bond donors (Lipinski definition) is 0. The summed E-state index contributed by atoms with van der Waals surface area (Å²) < 4.78 is 0. The van der Waals surface area contributed by atoms with Crippen molar-refractivity contribution in [1.82, 2.24) is 0 Å². The van der Waals surface area contributed by atoms with Gasteiger partial charge in [-0.1, -0.05) is 191 Å². The van der Waals surface area contributed by atoms with Crippen LogP contribution in [0.5, 0.6) is 0 Å². The molecule has 66 heavy (non-hydrogen) atoms. The minimum atomic E-state index is -0.0613. The Labute approximate surface area is 388 Å². The molecular weight excluding hydrogens is 797 g/mol. The molecule has 0 heterocycles. The number of benzene rings is 10. The number of fused-ring (bicyclic) bond motifs is 7. The van der Waals surface area contributed by atoms with Gasteiger partial charge in [0.25, 0.3) is 0 Å². The van der Waals surface area contributed by atoms with Crippen LogP contribution in [0.1, 0.15) is 49.9 Å². The zero-order valence-electron chi connectivity index (χ0n) is 37.8. The third kappa shape index (κ3) is 6.39. The van der Waals surface area contributed by atoms with Gasteiger partial charge in [0.1, 0.15) is 0 Å². The van der Waals surface area contributed by atoms with E-state index in [1.165, 1.54) is 77.5 Å². The minimum absolute atomic E-state index is 0.0613. The van der Waals surface area contributed by atoms with Crippen molar-refractivity contribution in [2.24, 2.45) is 0 Å². The average molecular weight is 847 g/mol. The van der Waals surface area contributed by atoms with Gasteiger partial charge < -0.3 is 9.80 Å². The Hall–Kier alpha value is -7.94. The zero-order chi connectivity index (χ0) is 44.6. The van der Waals surface area contributed by atoms with E-state index >= 15 is 0 Å². The van der Waals surface area contributed by atoms with E-state index in [1.54, 1.807) is 0 Å². The van der Waals surface area contributed by atoms with Crippen molar-refractivity contribution in [3.05, 3.63) is 253 Å². The zero-order valence-corrected chi connectivity index (χ0v) is 37.8. The molecule has 0 saturated heterocycles. The highest BCUT2D eigenvalue weighted by Crippen LogP contribution is 2.53. The van der Waals surface area contributed by atoms with Crippen molar-refractivity contribution >= 4 is 44.9 Å². The molecule has 0 atom stereocenters. The Morgan fingerprint density at radius 3 is 1.17 bits per heavy atom. The second kappa shape index (κ2) is 15.4. The molecule has 0 N–H and O–H groups in total. The van der Waals surface area contributed by atoms with E-state index in [0.29, 0.717) is 0 Å². The summed E-state index contributed by atoms with van der Waals surface area (Å²) in [5, 5.41) is 2.43. The molecule has 0 saturated carbocycles. The minimum Gasteiger partial charge on any atom is -0.310 e. The molecular formula is C64H50N2. The maximum absolute atomic E-state index is 2.44. The van der Waals surface area contributed by atoms with Crippen molar-refractivity contribution in [3.63, 3.8) is 0 Å². The summed E-state index contributed by atoms with van der Waals surface area (Å²) in [6.07, 6.45) is 0. The maximum Gasteiger partial charge on any atom is 0.0540 e. The van der Waals surface area contributed by atoms with E-state index < -0.39 is 0 Å². The highest BCUT2D eigenvalue weighted by atomic mass is 15.1. The van der Waals surface area contributed by atoms with Crippen LogP contribution >= 0.6 is 0 Å². The Bertz CT molecular complexity index is 3340. The summed E-state index contributed by atoms with van der Waals surface area (Å²) in [7, 11) is 0. The lowest BCUT2D eigenvalue weighted by Crippen LogP contribution is -2.16. The van der Waals surface area contributed by atoms with Crippen molar-refractivity contribution < 1.29 is 0 Å². The molecule has 0 spiro atoms. The maximum atomic E-state index is 2.44. The average Bonchev–Trinajstić information content (AvgIpc) is 3.74. The standard InChI is InChI=1S/C64H50N2/c1-63(2)58-22-12-10-20-54(58)56-41-51(37-39-60(56)63)65(52-38-40-61-57(42-52)55-21-11-13-23-59(55)64(61,3)4)48-31-25-45(26-32-48)46-29-35-50(36-30-46)66(62-24-14-18-47-17-8-9-19-53(47)62)49-33-27-44(28-34-49)43-15-6-5-7-16-43/h5-42H,1-4H3. The first-order valence-electron chi connectivity index (χ1n) is 23.2. The van der Waals surface area contributed by atoms with Crippen LogP contribution in [0.15, 0.2) is 231 Å². The Balaban J connectivity index is 0.928. The van der Waals surface area contributed by atoms with E-state index in [-0.39, 0.29) is 10.8 Å². The Kier molecular flexibility index (Phi) is 9.22. The van der Waals surface area contributed by atoms with Crippen molar-refractivity contribution in [3.8, 4) is 44.5 Å². The summed E-state index contributed by atoms with van der Waals surface area (Å²) in [5.74, 6) is 0. The van der Waals surface area contributed by atoms with Crippen molar-refractivity contribution in [2.45, 2.75) is 38.5 Å². The second-order valence-electron chi connectivity index (χ2n) is 19.0. The van der Waals surface area contributed by atoms with Gasteiger partial charge in [0.15, 0.2) is 0 Å². The summed E-state index contributed by atoms with van der Waals surface area (Å²) >= 11 is 0. The van der Waals surface area contributed by atoms with Crippen LogP contribution in [0.4, 0.5) is 34.1 Å². The number of hydrogen-bond acceptors (Lipinski definition) is 2. The molecule has 0 radical (unpaired) electrons. The third-order valence-electron chi connectivity index (χ3n) is 14.5. The quantitative estimate of drug-likeness (QED) is 0.150. The van der Waals surface area contributed by atoms with Gasteiger partial charge in [-0.25, -0.2) is 0 Å². The molecule has 0 fully saturated rings. The van der Waals surface area contributed by atoms with Crippen LogP contribution in [0.25, 0.3) is 55.3 Å². The van der Waals surface area contributed by atoms with Crippen LogP contribution in [0.3, 0.4) is 0 Å². The summed E-state index contributed by atoms with van der Waals surface area (Å²) in [6.45, 7) is 9.41. The first-order valence-corrected chi connectivity index (χ1v) is 23.2. The largest absolute Gasteiger partial charge is 0.310 e. The number of nitrogens with zero attached hydrogens (tertiary/aromatic N) is 2. The van der Waals surface area contributed by atoms with Gasteiger partial charge in [0.05, 0.1) is 5.69 Å². The van der Waals surface area contributed by atoms with Crippen LogP contribution < -0.4 is 9.80 Å². The van der Waals surface area contributed by atoms with E-state index in [1.807, 2.05) is 0 Å². The molecule has 0 bridgehead atoms. The lowest BCUT2D eigenvalue weighted by molar-refractivity contribution is 0.660. The molecule has 2 nitrogen and oxygen atoms in total. The highest BCUT2D eigenvalue weighted by Gasteiger charge is 2.37. The summed E-state index contributed by atoms with van der Waals surface area (Å²) in [5.41, 5.74) is 22.2. The fourth-order valence-corrected chi connectivity index (χ4v) is 11.0. The van der Waals surface area contributed by atoms with E-state index in [4.69, 9.17) is 0 Å². The van der Waals surface area contributed by atoms with Gasteiger partial charge in [0, 0.05) is 44.7 Å². The second-order valence-corrected chi connectivity index (χ2v) is 19.0. The topological polar surface area (TPSA) is 6.48 Å². The molecule has 0 aromatic heterocycles. The van der Waals surface area contributed by atoms with Crippen LogP contribution in [0, 0.1) is 0 Å². The Morgan fingerprint density at radius 2 is 0.652 bits per heavy atom. The summed E-state index contributed by atoms with van der Waals surface area (Å²) in [4.78, 5) is 4.83. The predicted molar refractivity (Wildman–Crippen MR) is 279 cm³/mol. The smallest absolute Gasteiger partial charge is 0.0540 e. The lowest BCUT2D eigenvalue weighted by atomic mass is 9.82. The number of anilines is 6. The highest BCUT2D eigenvalue weighted by molar-refractivity contribution is 5.99. The SMILES string of the molecule is CC1(C)c2ccccc2-c2cc(N(c3ccc(-c4ccc(N(c5ccc(-c6ccccc6)cc5)c5cccc6ccccc56)cc4)cc3)c3ccc4c(c3)-c3ccccc3C4(C)C)ccc21. The van der Waals surface area contributed by atoms with E-state index in [0.717, 1.165) is 34.1 Å². The van der Waals surface area contributed by atoms with Crippen molar-refractivity contribution in [2.75, 3.05) is 9.80 Å². The van der Waals surface area contributed by atoms with Crippen LogP contribution in [-0.4, -0.2) is 0 Å². The fraction of sp³-hybridized carbons (Fsp3) is 0.0938. The monoisotopic (exact) mass is 846 g/mol.